The number of nitrogens with zero attached hydrogens (tertiary/aromatic N) is 2. The summed E-state index contributed by atoms with van der Waals surface area (Å²) in [5.41, 5.74) is 1.31. The van der Waals surface area contributed by atoms with Gasteiger partial charge >= 0.3 is 0 Å². The van der Waals surface area contributed by atoms with Crippen molar-refractivity contribution < 1.29 is 0 Å². The van der Waals surface area contributed by atoms with Crippen LogP contribution in [0, 0.1) is 11.8 Å². The van der Waals surface area contributed by atoms with Crippen LogP contribution in [0.5, 0.6) is 0 Å². The van der Waals surface area contributed by atoms with Crippen LogP contribution in [0.15, 0.2) is 6.07 Å². The standard InChI is InChI=1S/C16H27N3/c1-12(2)15-8-9-17-16-11-14(18-19(15)16)10-13-6-4-3-5-7-13/h11-13,15,17H,3-10H2,1-2H3. The number of anilines is 1. The third kappa shape index (κ3) is 2.80. The quantitative estimate of drug-likeness (QED) is 0.890. The first-order valence-electron chi connectivity index (χ1n) is 8.06. The topological polar surface area (TPSA) is 29.9 Å². The second-order valence-corrected chi connectivity index (χ2v) is 6.70. The predicted molar refractivity (Wildman–Crippen MR) is 79.5 cm³/mol. The third-order valence-corrected chi connectivity index (χ3v) is 4.84. The first-order chi connectivity index (χ1) is 9.24. The van der Waals surface area contributed by atoms with Crippen molar-refractivity contribution in [2.24, 2.45) is 11.8 Å². The summed E-state index contributed by atoms with van der Waals surface area (Å²) in [6, 6.07) is 2.87. The van der Waals surface area contributed by atoms with Crippen molar-refractivity contribution in [1.82, 2.24) is 9.78 Å². The molecular weight excluding hydrogens is 234 g/mol. The minimum absolute atomic E-state index is 0.580. The van der Waals surface area contributed by atoms with E-state index in [1.54, 1.807) is 0 Å². The molecule has 0 saturated heterocycles. The summed E-state index contributed by atoms with van der Waals surface area (Å²) in [4.78, 5) is 0. The number of nitrogens with one attached hydrogen (secondary N) is 1. The van der Waals surface area contributed by atoms with Crippen LogP contribution in [0.2, 0.25) is 0 Å². The maximum atomic E-state index is 4.90. The Labute approximate surface area is 116 Å². The molecule has 106 valence electrons. The molecule has 0 bridgehead atoms. The van der Waals surface area contributed by atoms with Gasteiger partial charge in [0.15, 0.2) is 0 Å². The van der Waals surface area contributed by atoms with E-state index in [0.29, 0.717) is 12.0 Å². The molecular formula is C16H27N3. The van der Waals surface area contributed by atoms with Crippen LogP contribution >= 0.6 is 0 Å². The van der Waals surface area contributed by atoms with E-state index >= 15 is 0 Å². The van der Waals surface area contributed by atoms with Gasteiger partial charge in [-0.2, -0.15) is 5.10 Å². The molecule has 1 aromatic heterocycles. The van der Waals surface area contributed by atoms with Gasteiger partial charge < -0.3 is 5.32 Å². The van der Waals surface area contributed by atoms with Gasteiger partial charge in [0.1, 0.15) is 5.82 Å². The van der Waals surface area contributed by atoms with Crippen LogP contribution < -0.4 is 5.32 Å². The second kappa shape index (κ2) is 5.56. The Morgan fingerprint density at radius 2 is 2.05 bits per heavy atom. The molecule has 3 rings (SSSR count). The summed E-state index contributed by atoms with van der Waals surface area (Å²) >= 11 is 0. The Morgan fingerprint density at radius 1 is 1.26 bits per heavy atom. The predicted octanol–water partition coefficient (Wildman–Crippen LogP) is 4.02. The van der Waals surface area contributed by atoms with E-state index < -0.39 is 0 Å². The molecule has 1 aliphatic heterocycles. The van der Waals surface area contributed by atoms with E-state index in [-0.39, 0.29) is 0 Å². The molecule has 0 aromatic carbocycles. The van der Waals surface area contributed by atoms with Gasteiger partial charge in [0.2, 0.25) is 0 Å². The third-order valence-electron chi connectivity index (χ3n) is 4.84. The van der Waals surface area contributed by atoms with Crippen LogP contribution in [0.3, 0.4) is 0 Å². The summed E-state index contributed by atoms with van der Waals surface area (Å²) < 4.78 is 2.26. The van der Waals surface area contributed by atoms with Gasteiger partial charge in [0, 0.05) is 12.6 Å². The Bertz CT molecular complexity index is 416. The normalized spacial score (nSPS) is 24.3. The van der Waals surface area contributed by atoms with Gasteiger partial charge in [-0.25, -0.2) is 4.68 Å². The van der Waals surface area contributed by atoms with Gasteiger partial charge in [-0.15, -0.1) is 0 Å². The van der Waals surface area contributed by atoms with E-state index in [9.17, 15) is 0 Å². The Kier molecular flexibility index (Phi) is 3.81. The molecule has 2 heterocycles. The summed E-state index contributed by atoms with van der Waals surface area (Å²) in [5.74, 6) is 2.79. The summed E-state index contributed by atoms with van der Waals surface area (Å²) in [5, 5.41) is 8.41. The highest BCUT2D eigenvalue weighted by molar-refractivity contribution is 5.39. The summed E-state index contributed by atoms with van der Waals surface area (Å²) in [7, 11) is 0. The molecule has 1 unspecified atom stereocenters. The lowest BCUT2D eigenvalue weighted by Crippen LogP contribution is -2.26. The van der Waals surface area contributed by atoms with E-state index in [0.717, 1.165) is 12.5 Å². The average Bonchev–Trinajstić information content (AvgIpc) is 2.81. The fourth-order valence-electron chi connectivity index (χ4n) is 3.70. The lowest BCUT2D eigenvalue weighted by Gasteiger charge is -2.28. The van der Waals surface area contributed by atoms with Crippen LogP contribution in [0.25, 0.3) is 0 Å². The molecule has 2 aliphatic rings. The largest absolute Gasteiger partial charge is 0.370 e. The fourth-order valence-corrected chi connectivity index (χ4v) is 3.70. The fraction of sp³-hybridized carbons (Fsp3) is 0.812. The van der Waals surface area contributed by atoms with Gasteiger partial charge in [-0.1, -0.05) is 46.0 Å². The van der Waals surface area contributed by atoms with E-state index in [1.165, 1.54) is 56.5 Å². The number of hydrogen-bond donors (Lipinski definition) is 1. The highest BCUT2D eigenvalue weighted by atomic mass is 15.4. The van der Waals surface area contributed by atoms with Crippen molar-refractivity contribution >= 4 is 5.82 Å². The first-order valence-corrected chi connectivity index (χ1v) is 8.06. The molecule has 1 fully saturated rings. The smallest absolute Gasteiger partial charge is 0.124 e. The van der Waals surface area contributed by atoms with E-state index in [4.69, 9.17) is 5.10 Å². The highest BCUT2D eigenvalue weighted by Crippen LogP contribution is 2.32. The summed E-state index contributed by atoms with van der Waals surface area (Å²) in [6.45, 7) is 5.71. The molecule has 1 aliphatic carbocycles. The molecule has 0 amide bonds. The molecule has 3 heteroatoms. The van der Waals surface area contributed by atoms with Gasteiger partial charge in [-0.05, 0) is 24.7 Å². The van der Waals surface area contributed by atoms with Crippen LogP contribution in [-0.2, 0) is 6.42 Å². The first kappa shape index (κ1) is 13.0. The van der Waals surface area contributed by atoms with Crippen molar-refractivity contribution in [2.75, 3.05) is 11.9 Å². The Balaban J connectivity index is 1.73. The van der Waals surface area contributed by atoms with E-state index in [1.807, 2.05) is 0 Å². The zero-order valence-electron chi connectivity index (χ0n) is 12.4. The molecule has 1 N–H and O–H groups in total. The molecule has 0 radical (unpaired) electrons. The zero-order valence-corrected chi connectivity index (χ0v) is 12.4. The molecule has 1 aromatic rings. The van der Waals surface area contributed by atoms with Crippen LogP contribution in [0.4, 0.5) is 5.82 Å². The minimum atomic E-state index is 0.580. The van der Waals surface area contributed by atoms with Gasteiger partial charge in [0.25, 0.3) is 0 Å². The number of hydrogen-bond acceptors (Lipinski definition) is 2. The highest BCUT2D eigenvalue weighted by Gasteiger charge is 2.25. The van der Waals surface area contributed by atoms with Gasteiger partial charge in [0.05, 0.1) is 11.7 Å². The zero-order chi connectivity index (χ0) is 13.2. The van der Waals surface area contributed by atoms with Crippen molar-refractivity contribution in [3.05, 3.63) is 11.8 Å². The van der Waals surface area contributed by atoms with E-state index in [2.05, 4.69) is 29.9 Å². The maximum Gasteiger partial charge on any atom is 0.124 e. The molecule has 19 heavy (non-hydrogen) atoms. The average molecular weight is 261 g/mol. The van der Waals surface area contributed by atoms with Crippen LogP contribution in [0.1, 0.15) is 64.1 Å². The van der Waals surface area contributed by atoms with Crippen molar-refractivity contribution in [3.8, 4) is 0 Å². The molecule has 1 saturated carbocycles. The van der Waals surface area contributed by atoms with Crippen LogP contribution in [-0.4, -0.2) is 16.3 Å². The monoisotopic (exact) mass is 261 g/mol. The minimum Gasteiger partial charge on any atom is -0.370 e. The summed E-state index contributed by atoms with van der Waals surface area (Å²) in [6.07, 6.45) is 9.48. The molecule has 3 nitrogen and oxygen atoms in total. The Morgan fingerprint density at radius 3 is 2.79 bits per heavy atom. The number of rotatable bonds is 3. The maximum absolute atomic E-state index is 4.90. The SMILES string of the molecule is CC(C)C1CCNc2cc(CC3CCCCC3)nn21. The molecule has 1 atom stereocenters. The lowest BCUT2D eigenvalue weighted by molar-refractivity contribution is 0.316. The second-order valence-electron chi connectivity index (χ2n) is 6.70. The lowest BCUT2D eigenvalue weighted by atomic mass is 9.86. The Hall–Kier alpha value is -0.990. The van der Waals surface area contributed by atoms with Crippen molar-refractivity contribution in [2.45, 2.75) is 64.8 Å². The van der Waals surface area contributed by atoms with Crippen molar-refractivity contribution in [3.63, 3.8) is 0 Å². The van der Waals surface area contributed by atoms with Crippen molar-refractivity contribution in [1.29, 1.82) is 0 Å². The molecule has 0 spiro atoms. The number of fused-ring (bicyclic) bond motifs is 1. The number of aromatic nitrogens is 2. The van der Waals surface area contributed by atoms with Gasteiger partial charge in [-0.3, -0.25) is 0 Å².